The summed E-state index contributed by atoms with van der Waals surface area (Å²) >= 11 is 1.37. The smallest absolute Gasteiger partial charge is 0.0985 e. The van der Waals surface area contributed by atoms with E-state index in [0.29, 0.717) is 0 Å². The fourth-order valence-electron chi connectivity index (χ4n) is 0.471. The summed E-state index contributed by atoms with van der Waals surface area (Å²) < 4.78 is 0. The van der Waals surface area contributed by atoms with E-state index in [-0.39, 0.29) is 0 Å². The molecule has 0 saturated heterocycles. The first-order valence-corrected chi connectivity index (χ1v) is 4.59. The minimum atomic E-state index is 0.900. The highest BCUT2D eigenvalue weighted by atomic mass is 27.0. The Kier molecular flexibility index (Phi) is 3.79. The summed E-state index contributed by atoms with van der Waals surface area (Å²) in [7, 11) is 0. The van der Waals surface area contributed by atoms with E-state index >= 15 is 0 Å². The van der Waals surface area contributed by atoms with Crippen LogP contribution in [-0.2, 0) is 0 Å². The first-order valence-electron chi connectivity index (χ1n) is 3.18. The lowest BCUT2D eigenvalue weighted by Crippen LogP contribution is -2.01. The average Bonchev–Trinajstić information content (AvgIpc) is 1.65. The molecule has 0 aliphatic rings. The summed E-state index contributed by atoms with van der Waals surface area (Å²) in [5.41, 5.74) is 0. The van der Waals surface area contributed by atoms with Gasteiger partial charge in [-0.2, -0.15) is 0 Å². The quantitative estimate of drug-likeness (QED) is 0.475. The normalized spacial score (nSPS) is 14.9. The molecule has 0 aromatic rings. The highest BCUT2D eigenvalue weighted by molar-refractivity contribution is 6.08. The Morgan fingerprint density at radius 2 is 1.71 bits per heavy atom. The Bertz CT molecular complexity index is 41.4. The fourth-order valence-corrected chi connectivity index (χ4v) is 1.41. The van der Waals surface area contributed by atoms with E-state index in [1.165, 1.54) is 21.6 Å². The van der Waals surface area contributed by atoms with Gasteiger partial charge in [-0.25, -0.2) is 0 Å². The average molecular weight is 114 g/mol. The molecule has 1 atom stereocenters. The van der Waals surface area contributed by atoms with Crippen molar-refractivity contribution in [2.45, 2.75) is 26.1 Å². The molecule has 0 rings (SSSR count). The van der Waals surface area contributed by atoms with Crippen LogP contribution in [-0.4, -0.2) is 16.3 Å². The summed E-state index contributed by atoms with van der Waals surface area (Å²) in [6.45, 7) is 6.92. The van der Waals surface area contributed by atoms with Crippen LogP contribution in [0.4, 0.5) is 0 Å². The van der Waals surface area contributed by atoms with Crippen LogP contribution in [0.2, 0.25) is 5.28 Å². The molecule has 0 radical (unpaired) electrons. The molecule has 1 unspecified atom stereocenters. The predicted octanol–water partition coefficient (Wildman–Crippen LogP) is 1.33. The lowest BCUT2D eigenvalue weighted by atomic mass is 10.0. The van der Waals surface area contributed by atoms with Crippen molar-refractivity contribution in [2.75, 3.05) is 0 Å². The third kappa shape index (κ3) is 3.14. The van der Waals surface area contributed by atoms with Gasteiger partial charge in [-0.1, -0.05) is 32.0 Å². The first kappa shape index (κ1) is 7.53. The molecule has 0 saturated carbocycles. The molecule has 0 fully saturated rings. The second-order valence-electron chi connectivity index (χ2n) is 2.63. The Balaban J connectivity index is 3.14. The second kappa shape index (κ2) is 3.52. The van der Waals surface area contributed by atoms with Crippen LogP contribution < -0.4 is 0 Å². The Labute approximate surface area is 54.7 Å². The zero-order valence-electron chi connectivity index (χ0n) is 5.86. The molecule has 0 aromatic carbocycles. The van der Waals surface area contributed by atoms with E-state index < -0.39 is 0 Å². The molecule has 0 nitrogen and oxygen atoms in total. The van der Waals surface area contributed by atoms with Gasteiger partial charge in [0.2, 0.25) is 16.3 Å². The van der Waals surface area contributed by atoms with Crippen LogP contribution in [0.15, 0.2) is 0 Å². The number of hydrogen-bond donors (Lipinski definition) is 0. The van der Waals surface area contributed by atoms with Gasteiger partial charge in [-0.15, -0.1) is 0 Å². The standard InChI is InChI=1S/C6H13.Al.2H/c1-5(2)6(3)4;;;/h5-6H,1H2,2-4H3;;;. The molecule has 0 amide bonds. The summed E-state index contributed by atoms with van der Waals surface area (Å²) in [5, 5.41) is 1.46. The van der Waals surface area contributed by atoms with Crippen molar-refractivity contribution in [3.8, 4) is 0 Å². The van der Waals surface area contributed by atoms with Gasteiger partial charge < -0.3 is 0 Å². The van der Waals surface area contributed by atoms with Gasteiger partial charge in [0.25, 0.3) is 0 Å². The van der Waals surface area contributed by atoms with Crippen LogP contribution in [0.5, 0.6) is 0 Å². The summed E-state index contributed by atoms with van der Waals surface area (Å²) in [4.78, 5) is 0. The molecule has 0 spiro atoms. The van der Waals surface area contributed by atoms with Gasteiger partial charge in [0.1, 0.15) is 0 Å². The van der Waals surface area contributed by atoms with Crippen molar-refractivity contribution >= 4 is 16.3 Å². The van der Waals surface area contributed by atoms with Crippen molar-refractivity contribution in [1.82, 2.24) is 0 Å². The Morgan fingerprint density at radius 3 is 1.71 bits per heavy atom. The monoisotopic (exact) mass is 114 g/mol. The fraction of sp³-hybridized carbons (Fsp3) is 1.00. The minimum Gasteiger partial charge on any atom is -0.0985 e. The maximum atomic E-state index is 2.33. The molecule has 0 aliphatic carbocycles. The van der Waals surface area contributed by atoms with Crippen LogP contribution in [0.25, 0.3) is 0 Å². The highest BCUT2D eigenvalue weighted by Crippen LogP contribution is 2.11. The van der Waals surface area contributed by atoms with Gasteiger partial charge in [-0.3, -0.25) is 0 Å². The van der Waals surface area contributed by atoms with Crippen molar-refractivity contribution in [3.63, 3.8) is 0 Å². The van der Waals surface area contributed by atoms with Gasteiger partial charge in [0.15, 0.2) is 0 Å². The molecule has 1 heteroatoms. The highest BCUT2D eigenvalue weighted by Gasteiger charge is 2.01. The molecule has 7 heavy (non-hydrogen) atoms. The van der Waals surface area contributed by atoms with Gasteiger partial charge in [-0.05, 0) is 5.92 Å². The Morgan fingerprint density at radius 1 is 1.29 bits per heavy atom. The maximum absolute atomic E-state index is 2.33. The predicted molar refractivity (Wildman–Crippen MR) is 37.4 cm³/mol. The molecule has 0 N–H and O–H groups in total. The van der Waals surface area contributed by atoms with Gasteiger partial charge in [0.05, 0.1) is 0 Å². The topological polar surface area (TPSA) is 0 Å². The summed E-state index contributed by atoms with van der Waals surface area (Å²) in [5.74, 6) is 1.86. The van der Waals surface area contributed by atoms with E-state index in [2.05, 4.69) is 20.8 Å². The zero-order chi connectivity index (χ0) is 5.86. The van der Waals surface area contributed by atoms with Gasteiger partial charge in [0, 0.05) is 0 Å². The van der Waals surface area contributed by atoms with E-state index in [1.54, 1.807) is 0 Å². The van der Waals surface area contributed by atoms with Crippen molar-refractivity contribution in [2.24, 2.45) is 11.8 Å². The molecule has 0 heterocycles. The molecular weight excluding hydrogens is 99.0 g/mol. The maximum Gasteiger partial charge on any atom is 0.212 e. The van der Waals surface area contributed by atoms with Gasteiger partial charge >= 0.3 is 0 Å². The van der Waals surface area contributed by atoms with Crippen molar-refractivity contribution in [3.05, 3.63) is 0 Å². The minimum absolute atomic E-state index is 0.900. The van der Waals surface area contributed by atoms with Crippen molar-refractivity contribution in [1.29, 1.82) is 0 Å². The van der Waals surface area contributed by atoms with E-state index in [1.807, 2.05) is 0 Å². The SMILES string of the molecule is CC(C)C(C)[CH2][AlH2]. The first-order chi connectivity index (χ1) is 3.18. The Hall–Kier alpha value is 0.532. The zero-order valence-corrected chi connectivity index (χ0v) is 7.86. The molecule has 0 bridgehead atoms. The second-order valence-corrected chi connectivity index (χ2v) is 3.45. The molecule has 0 aliphatic heterocycles. The number of rotatable bonds is 2. The number of hydrogen-bond acceptors (Lipinski definition) is 0. The summed E-state index contributed by atoms with van der Waals surface area (Å²) in [6.07, 6.45) is 0. The third-order valence-electron chi connectivity index (χ3n) is 1.78. The molecular formula is C6H15Al. The van der Waals surface area contributed by atoms with Crippen LogP contribution in [0.1, 0.15) is 20.8 Å². The van der Waals surface area contributed by atoms with E-state index in [4.69, 9.17) is 0 Å². The molecule has 42 valence electrons. The lowest BCUT2D eigenvalue weighted by Gasteiger charge is -2.10. The van der Waals surface area contributed by atoms with Crippen LogP contribution >= 0.6 is 0 Å². The third-order valence-corrected chi connectivity index (χ3v) is 3.07. The van der Waals surface area contributed by atoms with E-state index in [0.717, 1.165) is 11.8 Å². The van der Waals surface area contributed by atoms with Crippen LogP contribution in [0, 0.1) is 11.8 Å². The lowest BCUT2D eigenvalue weighted by molar-refractivity contribution is 0.457. The largest absolute Gasteiger partial charge is 0.212 e. The van der Waals surface area contributed by atoms with Crippen molar-refractivity contribution < 1.29 is 0 Å². The van der Waals surface area contributed by atoms with Crippen LogP contribution in [0.3, 0.4) is 0 Å². The van der Waals surface area contributed by atoms with E-state index in [9.17, 15) is 0 Å². The molecule has 0 aromatic heterocycles. The summed E-state index contributed by atoms with van der Waals surface area (Å²) in [6, 6.07) is 0.